The monoisotopic (exact) mass is 249 g/mol. The fourth-order valence-electron chi connectivity index (χ4n) is 2.41. The SMILES string of the molecule is CCC(CC)CC(Cc1cccc(OC)c1)NC. The molecule has 0 aliphatic rings. The fraction of sp³-hybridized carbons (Fsp3) is 0.625. The molecule has 2 nitrogen and oxygen atoms in total. The first kappa shape index (κ1) is 15.0. The second kappa shape index (κ2) is 8.15. The summed E-state index contributed by atoms with van der Waals surface area (Å²) < 4.78 is 5.27. The van der Waals surface area contributed by atoms with Gasteiger partial charge in [0.1, 0.15) is 5.75 Å². The third-order valence-corrected chi connectivity index (χ3v) is 3.80. The molecule has 0 aliphatic heterocycles. The summed E-state index contributed by atoms with van der Waals surface area (Å²) in [7, 11) is 3.78. The predicted octanol–water partition coefficient (Wildman–Crippen LogP) is 3.65. The summed E-state index contributed by atoms with van der Waals surface area (Å²) in [5.74, 6) is 1.78. The second-order valence-corrected chi connectivity index (χ2v) is 4.96. The van der Waals surface area contributed by atoms with Crippen LogP contribution in [0.15, 0.2) is 24.3 Å². The fourth-order valence-corrected chi connectivity index (χ4v) is 2.41. The molecule has 1 aromatic rings. The molecule has 0 aliphatic carbocycles. The van der Waals surface area contributed by atoms with Gasteiger partial charge in [-0.15, -0.1) is 0 Å². The van der Waals surface area contributed by atoms with E-state index in [1.165, 1.54) is 24.8 Å². The van der Waals surface area contributed by atoms with Gasteiger partial charge >= 0.3 is 0 Å². The largest absolute Gasteiger partial charge is 0.497 e. The molecule has 0 fully saturated rings. The number of rotatable bonds is 8. The lowest BCUT2D eigenvalue weighted by atomic mass is 9.91. The summed E-state index contributed by atoms with van der Waals surface area (Å²) in [6, 6.07) is 8.94. The first-order valence-electron chi connectivity index (χ1n) is 7.03. The van der Waals surface area contributed by atoms with Crippen LogP contribution in [0.2, 0.25) is 0 Å². The normalized spacial score (nSPS) is 12.7. The van der Waals surface area contributed by atoms with E-state index in [9.17, 15) is 0 Å². The lowest BCUT2D eigenvalue weighted by Gasteiger charge is -2.21. The van der Waals surface area contributed by atoms with Crippen LogP contribution in [0.25, 0.3) is 0 Å². The molecular formula is C16H27NO. The molecule has 1 N–H and O–H groups in total. The maximum Gasteiger partial charge on any atom is 0.119 e. The minimum absolute atomic E-state index is 0.557. The van der Waals surface area contributed by atoms with Crippen LogP contribution in [0.1, 0.15) is 38.7 Å². The van der Waals surface area contributed by atoms with Crippen molar-refractivity contribution in [3.63, 3.8) is 0 Å². The van der Waals surface area contributed by atoms with E-state index in [0.717, 1.165) is 18.1 Å². The van der Waals surface area contributed by atoms with Crippen molar-refractivity contribution in [1.29, 1.82) is 0 Å². The predicted molar refractivity (Wildman–Crippen MR) is 78.2 cm³/mol. The molecule has 1 aromatic carbocycles. The van der Waals surface area contributed by atoms with Crippen LogP contribution in [0.4, 0.5) is 0 Å². The highest BCUT2D eigenvalue weighted by molar-refractivity contribution is 5.28. The smallest absolute Gasteiger partial charge is 0.119 e. The van der Waals surface area contributed by atoms with Crippen LogP contribution in [-0.2, 0) is 6.42 Å². The Morgan fingerprint density at radius 2 is 1.94 bits per heavy atom. The van der Waals surface area contributed by atoms with Crippen molar-refractivity contribution in [3.8, 4) is 5.75 Å². The van der Waals surface area contributed by atoms with E-state index in [2.05, 4.69) is 44.4 Å². The van der Waals surface area contributed by atoms with Gasteiger partial charge in [-0.1, -0.05) is 38.8 Å². The standard InChI is InChI=1S/C16H27NO/c1-5-13(6-2)10-15(17-3)11-14-8-7-9-16(12-14)18-4/h7-9,12-13,15,17H,5-6,10-11H2,1-4H3. The molecule has 0 radical (unpaired) electrons. The van der Waals surface area contributed by atoms with E-state index in [1.807, 2.05) is 6.07 Å². The Morgan fingerprint density at radius 1 is 1.22 bits per heavy atom. The topological polar surface area (TPSA) is 21.3 Å². The van der Waals surface area contributed by atoms with Gasteiger partial charge in [0.2, 0.25) is 0 Å². The number of methoxy groups -OCH3 is 1. The zero-order valence-electron chi connectivity index (χ0n) is 12.2. The van der Waals surface area contributed by atoms with Gasteiger partial charge < -0.3 is 10.1 Å². The highest BCUT2D eigenvalue weighted by atomic mass is 16.5. The van der Waals surface area contributed by atoms with Crippen molar-refractivity contribution in [3.05, 3.63) is 29.8 Å². The lowest BCUT2D eigenvalue weighted by molar-refractivity contribution is 0.376. The summed E-state index contributed by atoms with van der Waals surface area (Å²) in [4.78, 5) is 0. The number of ether oxygens (including phenoxy) is 1. The van der Waals surface area contributed by atoms with Crippen LogP contribution >= 0.6 is 0 Å². The summed E-state index contributed by atoms with van der Waals surface area (Å²) in [6.07, 6.45) is 4.87. The number of hydrogen-bond donors (Lipinski definition) is 1. The Bertz CT molecular complexity index is 334. The summed E-state index contributed by atoms with van der Waals surface area (Å²) >= 11 is 0. The zero-order valence-corrected chi connectivity index (χ0v) is 12.2. The van der Waals surface area contributed by atoms with E-state index in [4.69, 9.17) is 4.74 Å². The highest BCUT2D eigenvalue weighted by Gasteiger charge is 2.13. The van der Waals surface area contributed by atoms with E-state index in [-0.39, 0.29) is 0 Å². The maximum absolute atomic E-state index is 5.27. The van der Waals surface area contributed by atoms with E-state index >= 15 is 0 Å². The third kappa shape index (κ3) is 4.69. The lowest BCUT2D eigenvalue weighted by Crippen LogP contribution is -2.30. The molecule has 0 spiro atoms. The van der Waals surface area contributed by atoms with Crippen molar-refractivity contribution in [2.75, 3.05) is 14.2 Å². The van der Waals surface area contributed by atoms with Gasteiger partial charge in [0.15, 0.2) is 0 Å². The van der Waals surface area contributed by atoms with Crippen LogP contribution in [0.5, 0.6) is 5.75 Å². The number of nitrogens with one attached hydrogen (secondary N) is 1. The minimum atomic E-state index is 0.557. The minimum Gasteiger partial charge on any atom is -0.497 e. The Labute approximate surface area is 112 Å². The molecule has 102 valence electrons. The van der Waals surface area contributed by atoms with Crippen molar-refractivity contribution >= 4 is 0 Å². The zero-order chi connectivity index (χ0) is 13.4. The molecule has 1 rings (SSSR count). The average molecular weight is 249 g/mol. The molecule has 1 unspecified atom stereocenters. The van der Waals surface area contributed by atoms with E-state index < -0.39 is 0 Å². The summed E-state index contributed by atoms with van der Waals surface area (Å²) in [5.41, 5.74) is 1.35. The van der Waals surface area contributed by atoms with Crippen LogP contribution < -0.4 is 10.1 Å². The molecule has 2 heteroatoms. The molecule has 0 heterocycles. The highest BCUT2D eigenvalue weighted by Crippen LogP contribution is 2.19. The van der Waals surface area contributed by atoms with Gasteiger partial charge in [0.25, 0.3) is 0 Å². The van der Waals surface area contributed by atoms with Gasteiger partial charge in [-0.25, -0.2) is 0 Å². The molecule has 1 atom stereocenters. The van der Waals surface area contributed by atoms with Gasteiger partial charge in [-0.3, -0.25) is 0 Å². The third-order valence-electron chi connectivity index (χ3n) is 3.80. The molecule has 0 bridgehead atoms. The molecule has 0 saturated heterocycles. The van der Waals surface area contributed by atoms with Gasteiger partial charge in [0.05, 0.1) is 7.11 Å². The van der Waals surface area contributed by atoms with Crippen molar-refractivity contribution < 1.29 is 4.74 Å². The maximum atomic E-state index is 5.27. The van der Waals surface area contributed by atoms with E-state index in [1.54, 1.807) is 7.11 Å². The van der Waals surface area contributed by atoms with Crippen LogP contribution in [0, 0.1) is 5.92 Å². The Morgan fingerprint density at radius 3 is 2.50 bits per heavy atom. The number of hydrogen-bond acceptors (Lipinski definition) is 2. The van der Waals surface area contributed by atoms with Crippen molar-refractivity contribution in [1.82, 2.24) is 5.32 Å². The van der Waals surface area contributed by atoms with E-state index in [0.29, 0.717) is 6.04 Å². The van der Waals surface area contributed by atoms with Gasteiger partial charge in [-0.2, -0.15) is 0 Å². The van der Waals surface area contributed by atoms with Crippen LogP contribution in [-0.4, -0.2) is 20.2 Å². The molecule has 0 aromatic heterocycles. The second-order valence-electron chi connectivity index (χ2n) is 4.96. The Balaban J connectivity index is 2.61. The molecule has 0 amide bonds. The number of benzene rings is 1. The summed E-state index contributed by atoms with van der Waals surface area (Å²) in [5, 5.41) is 3.45. The molecule has 18 heavy (non-hydrogen) atoms. The quantitative estimate of drug-likeness (QED) is 0.759. The Hall–Kier alpha value is -1.02. The van der Waals surface area contributed by atoms with Gasteiger partial charge in [0, 0.05) is 6.04 Å². The Kier molecular flexibility index (Phi) is 6.81. The van der Waals surface area contributed by atoms with Crippen LogP contribution in [0.3, 0.4) is 0 Å². The first-order chi connectivity index (χ1) is 8.73. The number of likely N-dealkylation sites (N-methyl/N-ethyl adjacent to an activating group) is 1. The van der Waals surface area contributed by atoms with Crippen molar-refractivity contribution in [2.24, 2.45) is 5.92 Å². The van der Waals surface area contributed by atoms with Crippen molar-refractivity contribution in [2.45, 2.75) is 45.6 Å². The molecular weight excluding hydrogens is 222 g/mol. The average Bonchev–Trinajstić information content (AvgIpc) is 2.43. The molecule has 0 saturated carbocycles. The summed E-state index contributed by atoms with van der Waals surface area (Å²) in [6.45, 7) is 4.57. The van der Waals surface area contributed by atoms with Gasteiger partial charge in [-0.05, 0) is 43.5 Å². The first-order valence-corrected chi connectivity index (χ1v) is 7.03.